The van der Waals surface area contributed by atoms with Crippen molar-refractivity contribution in [1.82, 2.24) is 15.1 Å². The van der Waals surface area contributed by atoms with Gasteiger partial charge in [0.05, 0.1) is 23.4 Å². The molecule has 0 radical (unpaired) electrons. The predicted octanol–water partition coefficient (Wildman–Crippen LogP) is 1.13. The third-order valence-electron chi connectivity index (χ3n) is 5.88. The number of amides is 2. The van der Waals surface area contributed by atoms with Crippen molar-refractivity contribution < 1.29 is 14.3 Å². The second-order valence-electron chi connectivity index (χ2n) is 8.10. The molecule has 0 aliphatic carbocycles. The number of benzene rings is 1. The van der Waals surface area contributed by atoms with Gasteiger partial charge in [-0.15, -0.1) is 0 Å². The highest BCUT2D eigenvalue weighted by molar-refractivity contribution is 6.56. The fourth-order valence-corrected chi connectivity index (χ4v) is 4.28. The number of nitrogen functional groups attached to an aromatic ring is 1. The number of likely N-dealkylation sites (tertiary alicyclic amines) is 1. The Hall–Kier alpha value is -1.77. The van der Waals surface area contributed by atoms with Crippen molar-refractivity contribution in [1.29, 1.82) is 0 Å². The molecular formula is C20H30BClN4O3. The molecule has 3 N–H and O–H groups in total. The molecule has 1 atom stereocenters. The number of rotatable bonds is 5. The maximum Gasteiger partial charge on any atom is 0.251 e. The van der Waals surface area contributed by atoms with Crippen molar-refractivity contribution in [2.24, 2.45) is 5.92 Å². The number of carbonyl (C=O) groups excluding carboxylic acids is 2. The van der Waals surface area contributed by atoms with Crippen LogP contribution in [0.1, 0.15) is 28.8 Å². The van der Waals surface area contributed by atoms with E-state index in [0.717, 1.165) is 51.1 Å². The van der Waals surface area contributed by atoms with Crippen LogP contribution in [-0.4, -0.2) is 81.3 Å². The normalized spacial score (nSPS) is 21.2. The van der Waals surface area contributed by atoms with Crippen LogP contribution in [0, 0.1) is 12.8 Å². The number of hydrogen-bond acceptors (Lipinski definition) is 5. The molecule has 1 aromatic rings. The number of carbonyl (C=O) groups is 2. The molecule has 1 unspecified atom stereocenters. The molecule has 2 aliphatic heterocycles. The second-order valence-corrected chi connectivity index (χ2v) is 8.51. The van der Waals surface area contributed by atoms with E-state index in [2.05, 4.69) is 10.2 Å². The first-order valence-corrected chi connectivity index (χ1v) is 10.6. The van der Waals surface area contributed by atoms with Crippen LogP contribution in [0.3, 0.4) is 0 Å². The Morgan fingerprint density at radius 3 is 2.72 bits per heavy atom. The van der Waals surface area contributed by atoms with E-state index < -0.39 is 0 Å². The van der Waals surface area contributed by atoms with Gasteiger partial charge >= 0.3 is 0 Å². The molecule has 2 fully saturated rings. The van der Waals surface area contributed by atoms with Gasteiger partial charge in [-0.25, -0.2) is 0 Å². The summed E-state index contributed by atoms with van der Waals surface area (Å²) in [5.74, 6) is 0.614. The predicted molar refractivity (Wildman–Crippen MR) is 117 cm³/mol. The zero-order valence-electron chi connectivity index (χ0n) is 17.2. The minimum atomic E-state index is -0.165. The highest BCUT2D eigenvalue weighted by atomic mass is 35.5. The highest BCUT2D eigenvalue weighted by Gasteiger charge is 2.26. The Balaban J connectivity index is 1.46. The van der Waals surface area contributed by atoms with Gasteiger partial charge < -0.3 is 20.7 Å². The first-order valence-electron chi connectivity index (χ1n) is 10.3. The van der Waals surface area contributed by atoms with Crippen molar-refractivity contribution in [2.45, 2.75) is 25.9 Å². The lowest BCUT2D eigenvalue weighted by Crippen LogP contribution is -2.49. The Kier molecular flexibility index (Phi) is 7.43. The van der Waals surface area contributed by atoms with E-state index in [1.807, 2.05) is 11.8 Å². The van der Waals surface area contributed by atoms with Crippen LogP contribution in [0.15, 0.2) is 12.1 Å². The average molecular weight is 421 g/mol. The number of morpholine rings is 1. The maximum atomic E-state index is 12.5. The fourth-order valence-electron chi connectivity index (χ4n) is 4.12. The van der Waals surface area contributed by atoms with Gasteiger partial charge in [-0.3, -0.25) is 14.5 Å². The van der Waals surface area contributed by atoms with E-state index in [-0.39, 0.29) is 17.8 Å². The Bertz CT molecular complexity index is 755. The van der Waals surface area contributed by atoms with E-state index >= 15 is 0 Å². The van der Waals surface area contributed by atoms with Gasteiger partial charge in [0.1, 0.15) is 0 Å². The lowest BCUT2D eigenvalue weighted by Gasteiger charge is -2.38. The number of nitrogens with zero attached hydrogens (tertiary/aromatic N) is 2. The number of halogens is 1. The van der Waals surface area contributed by atoms with Crippen LogP contribution in [0.5, 0.6) is 0 Å². The fraction of sp³-hybridized carbons (Fsp3) is 0.600. The maximum absolute atomic E-state index is 12.5. The number of nitrogens with one attached hydrogen (secondary N) is 1. The average Bonchev–Trinajstić information content (AvgIpc) is 2.69. The van der Waals surface area contributed by atoms with Crippen LogP contribution >= 0.6 is 11.6 Å². The molecule has 2 heterocycles. The van der Waals surface area contributed by atoms with Gasteiger partial charge in [0, 0.05) is 44.8 Å². The minimum Gasteiger partial charge on any atom is -0.398 e. The summed E-state index contributed by atoms with van der Waals surface area (Å²) >= 11 is 6.06. The second kappa shape index (κ2) is 9.83. The number of hydrogen-bond donors (Lipinski definition) is 2. The molecule has 9 heteroatoms. The first kappa shape index (κ1) is 21.9. The lowest BCUT2D eigenvalue weighted by molar-refractivity contribution is -0.0329. The lowest BCUT2D eigenvalue weighted by atomic mass is 9.94. The number of piperidine rings is 1. The molecule has 0 aromatic heterocycles. The van der Waals surface area contributed by atoms with Crippen LogP contribution < -0.4 is 11.1 Å². The molecule has 0 saturated carbocycles. The van der Waals surface area contributed by atoms with Crippen LogP contribution in [0.2, 0.25) is 5.02 Å². The molecule has 1 aromatic carbocycles. The quantitative estimate of drug-likeness (QED) is 0.551. The van der Waals surface area contributed by atoms with Gasteiger partial charge in [0.2, 0.25) is 7.85 Å². The third-order valence-corrected chi connectivity index (χ3v) is 6.21. The Morgan fingerprint density at radius 1 is 1.31 bits per heavy atom. The zero-order valence-corrected chi connectivity index (χ0v) is 18.0. The van der Waals surface area contributed by atoms with Crippen molar-refractivity contribution in [3.8, 4) is 0 Å². The van der Waals surface area contributed by atoms with Crippen LogP contribution in [0.25, 0.3) is 0 Å². The van der Waals surface area contributed by atoms with Gasteiger partial charge in [0.15, 0.2) is 5.81 Å². The van der Waals surface area contributed by atoms with E-state index in [1.54, 1.807) is 20.0 Å². The van der Waals surface area contributed by atoms with Gasteiger partial charge in [-0.2, -0.15) is 0 Å². The third kappa shape index (κ3) is 5.87. The largest absolute Gasteiger partial charge is 0.398 e. The molecular weight excluding hydrogens is 391 g/mol. The smallest absolute Gasteiger partial charge is 0.251 e. The number of nitrogens with two attached hydrogens (primary N) is 1. The molecule has 29 heavy (non-hydrogen) atoms. The monoisotopic (exact) mass is 420 g/mol. The van der Waals surface area contributed by atoms with Gasteiger partial charge in [0.25, 0.3) is 5.91 Å². The molecule has 2 amide bonds. The van der Waals surface area contributed by atoms with E-state index in [0.29, 0.717) is 35.3 Å². The molecule has 158 valence electrons. The topological polar surface area (TPSA) is 87.9 Å². The Labute approximate surface area is 178 Å². The summed E-state index contributed by atoms with van der Waals surface area (Å²) in [6.07, 6.45) is 2.07. The summed E-state index contributed by atoms with van der Waals surface area (Å²) in [4.78, 5) is 28.4. The molecule has 2 saturated heterocycles. The number of anilines is 1. The molecule has 2 aliphatic rings. The Morgan fingerprint density at radius 2 is 2.03 bits per heavy atom. The summed E-state index contributed by atoms with van der Waals surface area (Å²) in [5, 5.41) is 3.35. The van der Waals surface area contributed by atoms with E-state index in [9.17, 15) is 9.59 Å². The number of aryl methyl sites for hydroxylation is 1. The van der Waals surface area contributed by atoms with Crippen molar-refractivity contribution in [3.63, 3.8) is 0 Å². The minimum absolute atomic E-state index is 0.0328. The molecule has 0 spiro atoms. The van der Waals surface area contributed by atoms with E-state index in [1.165, 1.54) is 0 Å². The zero-order chi connectivity index (χ0) is 21.0. The summed E-state index contributed by atoms with van der Waals surface area (Å²) in [5.41, 5.74) is 7.59. The summed E-state index contributed by atoms with van der Waals surface area (Å²) < 4.78 is 5.85. The summed E-state index contributed by atoms with van der Waals surface area (Å²) in [6, 6.07) is 3.33. The SMILES string of the molecule is BC(=O)N1CCC(CN2CCOC(CNC(=O)c3cc(Cl)c(N)cc3C)C2)CC1. The van der Waals surface area contributed by atoms with Crippen molar-refractivity contribution >= 4 is 36.8 Å². The van der Waals surface area contributed by atoms with Gasteiger partial charge in [-0.1, -0.05) is 11.6 Å². The molecule has 0 bridgehead atoms. The molecule has 3 rings (SSSR count). The standard InChI is InChI=1S/C20H30BClN4O3/c1-13-8-18(23)17(22)9-16(13)19(27)24-10-15-12-25(6-7-29-15)11-14-2-4-26(5-3-14)20(21)28/h8-9,14-15H,2-7,10-12,21,23H2,1H3,(H,24,27). The molecule has 7 nitrogen and oxygen atoms in total. The van der Waals surface area contributed by atoms with Crippen LogP contribution in [0.4, 0.5) is 10.5 Å². The highest BCUT2D eigenvalue weighted by Crippen LogP contribution is 2.23. The van der Waals surface area contributed by atoms with Crippen molar-refractivity contribution in [2.75, 3.05) is 51.6 Å². The summed E-state index contributed by atoms with van der Waals surface area (Å²) in [7, 11) is 1.64. The van der Waals surface area contributed by atoms with Crippen LogP contribution in [-0.2, 0) is 4.74 Å². The first-order chi connectivity index (χ1) is 13.8. The summed E-state index contributed by atoms with van der Waals surface area (Å²) in [6.45, 7) is 7.41. The number of ether oxygens (including phenoxy) is 1. The van der Waals surface area contributed by atoms with Gasteiger partial charge in [-0.05, 0) is 43.4 Å². The van der Waals surface area contributed by atoms with Crippen molar-refractivity contribution in [3.05, 3.63) is 28.3 Å². The van der Waals surface area contributed by atoms with E-state index in [4.69, 9.17) is 22.1 Å².